The molecule has 1 amide bonds. The van der Waals surface area contributed by atoms with Crippen LogP contribution in [0.4, 0.5) is 26.6 Å². The zero-order chi connectivity index (χ0) is 36.9. The molecule has 0 saturated carbocycles. The predicted octanol–water partition coefficient (Wildman–Crippen LogP) is 8.08. The summed E-state index contributed by atoms with van der Waals surface area (Å²) >= 11 is 6.29. The van der Waals surface area contributed by atoms with Crippen LogP contribution >= 0.6 is 11.6 Å². The van der Waals surface area contributed by atoms with Gasteiger partial charge in [-0.1, -0.05) is 39.3 Å². The minimum Gasteiger partial charge on any atom is -0.443 e. The van der Waals surface area contributed by atoms with Crippen LogP contribution < -0.4 is 10.2 Å². The monoisotopic (exact) mass is 724 g/mol. The van der Waals surface area contributed by atoms with E-state index < -0.39 is 31.1 Å². The molecule has 2 aromatic heterocycles. The smallest absolute Gasteiger partial charge is 0.414 e. The lowest BCUT2D eigenvalue weighted by Gasteiger charge is -2.39. The minimum atomic E-state index is -2.17. The maximum Gasteiger partial charge on any atom is 0.414 e. The minimum absolute atomic E-state index is 0.0167. The van der Waals surface area contributed by atoms with E-state index in [1.807, 2.05) is 33.9 Å². The third-order valence-electron chi connectivity index (χ3n) is 10.1. The van der Waals surface area contributed by atoms with Gasteiger partial charge in [0.1, 0.15) is 23.2 Å². The summed E-state index contributed by atoms with van der Waals surface area (Å²) in [5.74, 6) is 0.730. The number of anilines is 3. The molecule has 1 aromatic carbocycles. The van der Waals surface area contributed by atoms with Crippen LogP contribution in [0.2, 0.25) is 23.3 Å². The number of nitrogens with zero attached hydrogens (tertiary/aromatic N) is 7. The van der Waals surface area contributed by atoms with Crippen molar-refractivity contribution in [2.45, 2.75) is 103 Å². The zero-order valence-electron chi connectivity index (χ0n) is 30.9. The fraction of sp³-hybridized carbons (Fsp3) is 0.583. The summed E-state index contributed by atoms with van der Waals surface area (Å²) in [4.78, 5) is 26.5. The SMILES string of the molecule is CN1CCC(F)(Cn2nc(Cl)cc2Nc2nccc(-c3cc(C#N)c4c(c3)[C@@](C)(CO[Si](C)(C)C(C)(C)C)CN4C(=O)OC(C)(C)C)n2)CC1. The highest BCUT2D eigenvalue weighted by Crippen LogP contribution is 2.47. The average molecular weight is 725 g/mol. The zero-order valence-corrected chi connectivity index (χ0v) is 32.7. The number of amides is 1. The Kier molecular flexibility index (Phi) is 10.2. The van der Waals surface area contributed by atoms with E-state index in [9.17, 15) is 10.1 Å². The van der Waals surface area contributed by atoms with Crippen LogP contribution in [-0.4, -0.2) is 83.6 Å². The summed E-state index contributed by atoms with van der Waals surface area (Å²) in [5, 5.41) is 18.2. The molecule has 0 unspecified atom stereocenters. The highest BCUT2D eigenvalue weighted by atomic mass is 35.5. The third kappa shape index (κ3) is 8.14. The van der Waals surface area contributed by atoms with Gasteiger partial charge in [0, 0.05) is 49.5 Å². The van der Waals surface area contributed by atoms with Crippen LogP contribution in [0.5, 0.6) is 0 Å². The van der Waals surface area contributed by atoms with E-state index in [1.165, 1.54) is 4.68 Å². The number of carbonyl (C=O) groups excluding carboxylic acids is 1. The molecule has 1 N–H and O–H groups in total. The first-order valence-electron chi connectivity index (χ1n) is 17.1. The quantitative estimate of drug-likeness (QED) is 0.230. The van der Waals surface area contributed by atoms with Crippen molar-refractivity contribution in [3.8, 4) is 17.3 Å². The molecule has 0 bridgehead atoms. The second-order valence-corrected chi connectivity index (χ2v) is 21.8. The van der Waals surface area contributed by atoms with Gasteiger partial charge in [-0.05, 0) is 82.6 Å². The van der Waals surface area contributed by atoms with Gasteiger partial charge in [0.2, 0.25) is 5.95 Å². The van der Waals surface area contributed by atoms with E-state index in [0.29, 0.717) is 60.9 Å². The molecular weight excluding hydrogens is 675 g/mol. The molecule has 0 aliphatic carbocycles. The number of nitriles is 1. The Morgan fingerprint density at radius 3 is 2.46 bits per heavy atom. The fourth-order valence-corrected chi connectivity index (χ4v) is 7.34. The Morgan fingerprint density at radius 1 is 1.16 bits per heavy atom. The first kappa shape index (κ1) is 37.7. The molecule has 50 heavy (non-hydrogen) atoms. The van der Waals surface area contributed by atoms with Crippen molar-refractivity contribution in [1.82, 2.24) is 24.6 Å². The van der Waals surface area contributed by atoms with Crippen molar-refractivity contribution in [2.75, 3.05) is 43.5 Å². The lowest BCUT2D eigenvalue weighted by molar-refractivity contribution is 0.0505. The Morgan fingerprint density at radius 2 is 1.84 bits per heavy atom. The van der Waals surface area contributed by atoms with Crippen LogP contribution in [0.3, 0.4) is 0 Å². The van der Waals surface area contributed by atoms with E-state index in [1.54, 1.807) is 29.3 Å². The number of piperidine rings is 1. The number of hydrogen-bond donors (Lipinski definition) is 1. The van der Waals surface area contributed by atoms with Crippen LogP contribution in [0, 0.1) is 11.3 Å². The van der Waals surface area contributed by atoms with Gasteiger partial charge < -0.3 is 19.4 Å². The van der Waals surface area contributed by atoms with Gasteiger partial charge in [-0.25, -0.2) is 23.8 Å². The van der Waals surface area contributed by atoms with Crippen molar-refractivity contribution in [2.24, 2.45) is 0 Å². The number of nitrogens with one attached hydrogen (secondary N) is 1. The summed E-state index contributed by atoms with van der Waals surface area (Å²) in [5.41, 5.74) is 0.110. The lowest BCUT2D eigenvalue weighted by atomic mass is 9.83. The molecule has 3 aromatic rings. The Hall–Kier alpha value is -3.57. The van der Waals surface area contributed by atoms with Crippen LogP contribution in [-0.2, 0) is 21.1 Å². The van der Waals surface area contributed by atoms with Crippen molar-refractivity contribution >= 4 is 43.5 Å². The van der Waals surface area contributed by atoms with E-state index in [4.69, 9.17) is 25.7 Å². The van der Waals surface area contributed by atoms with Crippen LogP contribution in [0.25, 0.3) is 11.3 Å². The molecule has 0 radical (unpaired) electrons. The van der Waals surface area contributed by atoms with Gasteiger partial charge in [0.15, 0.2) is 13.5 Å². The largest absolute Gasteiger partial charge is 0.443 e. The molecule has 5 rings (SSSR count). The molecule has 14 heteroatoms. The third-order valence-corrected chi connectivity index (χ3v) is 14.7. The van der Waals surface area contributed by atoms with Gasteiger partial charge in [0.05, 0.1) is 23.5 Å². The Balaban J connectivity index is 1.50. The van der Waals surface area contributed by atoms with E-state index in [-0.39, 0.29) is 29.2 Å². The van der Waals surface area contributed by atoms with Crippen molar-refractivity contribution in [3.05, 3.63) is 46.7 Å². The summed E-state index contributed by atoms with van der Waals surface area (Å²) in [6.07, 6.45) is 1.90. The average Bonchev–Trinajstić information content (AvgIpc) is 3.51. The number of benzene rings is 1. The molecule has 2 aliphatic heterocycles. The second-order valence-electron chi connectivity index (χ2n) is 16.6. The molecule has 4 heterocycles. The molecule has 270 valence electrons. The van der Waals surface area contributed by atoms with Gasteiger partial charge >= 0.3 is 6.09 Å². The maximum atomic E-state index is 15.8. The molecule has 1 atom stereocenters. The summed E-state index contributed by atoms with van der Waals surface area (Å²) < 4.78 is 29.9. The first-order valence-corrected chi connectivity index (χ1v) is 20.4. The Labute approximate surface area is 301 Å². The molecule has 0 spiro atoms. The highest BCUT2D eigenvalue weighted by Gasteiger charge is 2.47. The molecular formula is C36H50ClFN8O3Si. The van der Waals surface area contributed by atoms with E-state index in [0.717, 1.165) is 5.56 Å². The number of rotatable bonds is 8. The summed E-state index contributed by atoms with van der Waals surface area (Å²) in [6.45, 7) is 20.5. The highest BCUT2D eigenvalue weighted by molar-refractivity contribution is 6.74. The normalized spacial score (nSPS) is 19.6. The van der Waals surface area contributed by atoms with E-state index in [2.05, 4.69) is 67.2 Å². The molecule has 11 nitrogen and oxygen atoms in total. The fourth-order valence-electron chi connectivity index (χ4n) is 6.03. The summed E-state index contributed by atoms with van der Waals surface area (Å²) in [7, 11) is -0.179. The van der Waals surface area contributed by atoms with Gasteiger partial charge in [-0.3, -0.25) is 4.90 Å². The van der Waals surface area contributed by atoms with Gasteiger partial charge in [0.25, 0.3) is 0 Å². The summed E-state index contributed by atoms with van der Waals surface area (Å²) in [6, 6.07) is 9.42. The number of carbonyl (C=O) groups is 1. The van der Waals surface area contributed by atoms with Crippen LogP contribution in [0.1, 0.15) is 72.4 Å². The second kappa shape index (κ2) is 13.5. The number of likely N-dealkylation sites (tertiary alicyclic amines) is 1. The molecule has 1 fully saturated rings. The standard InChI is InChI=1S/C36H50ClFN8O3Si/c1-33(2,3)49-32(47)45-21-35(7,23-48-50(9,10)34(4,5)6)26-18-24(17-25(20-39)30(26)45)27-11-14-40-31(41-27)42-29-19-28(37)43-46(29)22-36(38)12-15-44(8)16-13-36/h11,14,17-19H,12-13,15-16,21-23H2,1-10H3,(H,40,41,42)/t35-/m1/s1. The maximum absolute atomic E-state index is 15.8. The number of hydrogen-bond acceptors (Lipinski definition) is 9. The number of ether oxygens (including phenoxy) is 1. The lowest BCUT2D eigenvalue weighted by Crippen LogP contribution is -2.46. The van der Waals surface area contributed by atoms with Gasteiger partial charge in [-0.15, -0.1) is 0 Å². The Bertz CT molecular complexity index is 1790. The molecule has 1 saturated heterocycles. The van der Waals surface area contributed by atoms with Gasteiger partial charge in [-0.2, -0.15) is 10.4 Å². The molecule has 2 aliphatic rings. The van der Waals surface area contributed by atoms with Crippen molar-refractivity contribution in [3.63, 3.8) is 0 Å². The number of aromatic nitrogens is 4. The number of fused-ring (bicyclic) bond motifs is 1. The first-order chi connectivity index (χ1) is 23.1. The van der Waals surface area contributed by atoms with Crippen LogP contribution in [0.15, 0.2) is 30.5 Å². The van der Waals surface area contributed by atoms with Crippen molar-refractivity contribution in [1.29, 1.82) is 5.26 Å². The number of alkyl halides is 1. The van der Waals surface area contributed by atoms with E-state index >= 15 is 4.39 Å². The number of halogens is 2. The topological polar surface area (TPSA) is 121 Å². The predicted molar refractivity (Wildman–Crippen MR) is 197 cm³/mol. The van der Waals surface area contributed by atoms with Crippen molar-refractivity contribution < 1.29 is 18.3 Å².